The highest BCUT2D eigenvalue weighted by atomic mass is 16.4. The van der Waals surface area contributed by atoms with Crippen LogP contribution in [0.4, 0.5) is 0 Å². The van der Waals surface area contributed by atoms with Crippen molar-refractivity contribution >= 4 is 5.97 Å². The van der Waals surface area contributed by atoms with Gasteiger partial charge in [-0.2, -0.15) is 0 Å². The topological polar surface area (TPSA) is 37.3 Å². The second kappa shape index (κ2) is 3.00. The van der Waals surface area contributed by atoms with Crippen LogP contribution in [0.5, 0.6) is 0 Å². The Morgan fingerprint density at radius 1 is 1.54 bits per heavy atom. The Labute approximate surface area is 79.3 Å². The summed E-state index contributed by atoms with van der Waals surface area (Å²) in [4.78, 5) is 10.5. The molecule has 74 valence electrons. The van der Waals surface area contributed by atoms with Crippen molar-refractivity contribution in [3.8, 4) is 0 Å². The van der Waals surface area contributed by atoms with Crippen molar-refractivity contribution in [2.75, 3.05) is 0 Å². The Morgan fingerprint density at radius 3 is 2.69 bits per heavy atom. The summed E-state index contributed by atoms with van der Waals surface area (Å²) in [5, 5.41) is 8.69. The van der Waals surface area contributed by atoms with Crippen LogP contribution in [0.1, 0.15) is 45.4 Å². The van der Waals surface area contributed by atoms with E-state index in [1.807, 2.05) is 0 Å². The number of carboxylic acids is 1. The third-order valence-corrected chi connectivity index (χ3v) is 4.04. The van der Waals surface area contributed by atoms with E-state index < -0.39 is 5.97 Å². The molecule has 0 aliphatic heterocycles. The fourth-order valence-electron chi connectivity index (χ4n) is 3.26. The van der Waals surface area contributed by atoms with Gasteiger partial charge in [-0.3, -0.25) is 4.79 Å². The molecule has 2 nitrogen and oxygen atoms in total. The van der Waals surface area contributed by atoms with Crippen molar-refractivity contribution in [3.05, 3.63) is 0 Å². The fourth-order valence-corrected chi connectivity index (χ4v) is 3.26. The molecule has 2 aliphatic carbocycles. The average molecular weight is 182 g/mol. The van der Waals surface area contributed by atoms with Gasteiger partial charge in [-0.1, -0.05) is 19.8 Å². The van der Waals surface area contributed by atoms with E-state index in [0.717, 1.165) is 5.92 Å². The second-order valence-corrected chi connectivity index (χ2v) is 4.96. The van der Waals surface area contributed by atoms with Gasteiger partial charge in [0.2, 0.25) is 0 Å². The van der Waals surface area contributed by atoms with E-state index in [4.69, 9.17) is 5.11 Å². The Morgan fingerprint density at radius 2 is 2.15 bits per heavy atom. The molecule has 2 atom stereocenters. The Balaban J connectivity index is 1.87. The predicted molar refractivity (Wildman–Crippen MR) is 50.4 cm³/mol. The van der Waals surface area contributed by atoms with Crippen LogP contribution in [-0.4, -0.2) is 11.1 Å². The van der Waals surface area contributed by atoms with E-state index in [0.29, 0.717) is 17.8 Å². The summed E-state index contributed by atoms with van der Waals surface area (Å²) in [7, 11) is 0. The third-order valence-electron chi connectivity index (χ3n) is 4.04. The van der Waals surface area contributed by atoms with Crippen LogP contribution in [0.15, 0.2) is 0 Å². The SMILES string of the molecule is CC(CC(=O)O)C1CC12CCCC2. The lowest BCUT2D eigenvalue weighted by molar-refractivity contribution is -0.138. The quantitative estimate of drug-likeness (QED) is 0.728. The van der Waals surface area contributed by atoms with Crippen molar-refractivity contribution < 1.29 is 9.90 Å². The molecule has 1 N–H and O–H groups in total. The largest absolute Gasteiger partial charge is 0.481 e. The lowest BCUT2D eigenvalue weighted by Crippen LogP contribution is -2.10. The van der Waals surface area contributed by atoms with E-state index >= 15 is 0 Å². The molecule has 2 rings (SSSR count). The van der Waals surface area contributed by atoms with Gasteiger partial charge in [0.1, 0.15) is 0 Å². The first kappa shape index (κ1) is 9.04. The van der Waals surface area contributed by atoms with E-state index in [9.17, 15) is 4.79 Å². The van der Waals surface area contributed by atoms with E-state index in [1.165, 1.54) is 32.1 Å². The Bertz CT molecular complexity index is 216. The number of hydrogen-bond acceptors (Lipinski definition) is 1. The molecule has 13 heavy (non-hydrogen) atoms. The van der Waals surface area contributed by atoms with Crippen LogP contribution < -0.4 is 0 Å². The summed E-state index contributed by atoms with van der Waals surface area (Å²) < 4.78 is 0. The minimum absolute atomic E-state index is 0.367. The average Bonchev–Trinajstić information content (AvgIpc) is 2.49. The highest BCUT2D eigenvalue weighted by Crippen LogP contribution is 2.65. The molecule has 2 fully saturated rings. The highest BCUT2D eigenvalue weighted by molar-refractivity contribution is 5.67. The highest BCUT2D eigenvalue weighted by Gasteiger charge is 2.56. The first-order valence-corrected chi connectivity index (χ1v) is 5.36. The first-order chi connectivity index (χ1) is 6.14. The van der Waals surface area contributed by atoms with Crippen LogP contribution in [0.2, 0.25) is 0 Å². The summed E-state index contributed by atoms with van der Waals surface area (Å²) in [6.07, 6.45) is 7.14. The summed E-state index contributed by atoms with van der Waals surface area (Å²) in [6.45, 7) is 2.10. The molecule has 0 aromatic carbocycles. The second-order valence-electron chi connectivity index (χ2n) is 4.96. The van der Waals surface area contributed by atoms with Gasteiger partial charge < -0.3 is 5.11 Å². The number of carboxylic acid groups (broad SMARTS) is 1. The zero-order valence-electron chi connectivity index (χ0n) is 8.25. The minimum Gasteiger partial charge on any atom is -0.481 e. The summed E-state index contributed by atoms with van der Waals surface area (Å²) in [6, 6.07) is 0. The molecular formula is C11H18O2. The molecule has 0 radical (unpaired) electrons. The molecule has 2 unspecified atom stereocenters. The van der Waals surface area contributed by atoms with Crippen LogP contribution in [0.3, 0.4) is 0 Å². The van der Waals surface area contributed by atoms with Crippen molar-refractivity contribution in [3.63, 3.8) is 0 Å². The minimum atomic E-state index is -0.632. The maximum absolute atomic E-state index is 10.5. The smallest absolute Gasteiger partial charge is 0.303 e. The van der Waals surface area contributed by atoms with Gasteiger partial charge in [0.25, 0.3) is 0 Å². The molecule has 0 aromatic rings. The van der Waals surface area contributed by atoms with Gasteiger partial charge in [0.05, 0.1) is 0 Å². The van der Waals surface area contributed by atoms with Crippen LogP contribution >= 0.6 is 0 Å². The monoisotopic (exact) mass is 182 g/mol. The molecule has 2 aliphatic rings. The molecule has 1 spiro atoms. The fraction of sp³-hybridized carbons (Fsp3) is 0.909. The van der Waals surface area contributed by atoms with Crippen molar-refractivity contribution in [2.45, 2.75) is 45.4 Å². The van der Waals surface area contributed by atoms with Crippen LogP contribution in [0, 0.1) is 17.3 Å². The molecule has 2 heteroatoms. The molecule has 0 saturated heterocycles. The van der Waals surface area contributed by atoms with Crippen LogP contribution in [-0.2, 0) is 4.79 Å². The van der Waals surface area contributed by atoms with Crippen molar-refractivity contribution in [1.29, 1.82) is 0 Å². The van der Waals surface area contributed by atoms with Gasteiger partial charge in [0, 0.05) is 6.42 Å². The standard InChI is InChI=1S/C11H18O2/c1-8(6-10(12)13)9-7-11(9)4-2-3-5-11/h8-9H,2-7H2,1H3,(H,12,13). The van der Waals surface area contributed by atoms with E-state index in [-0.39, 0.29) is 0 Å². The van der Waals surface area contributed by atoms with Gasteiger partial charge in [-0.15, -0.1) is 0 Å². The Hall–Kier alpha value is -0.530. The number of aliphatic carboxylic acids is 1. The van der Waals surface area contributed by atoms with Gasteiger partial charge in [0.15, 0.2) is 0 Å². The maximum atomic E-state index is 10.5. The number of hydrogen-bond donors (Lipinski definition) is 1. The molecule has 0 aromatic heterocycles. The normalized spacial score (nSPS) is 31.9. The lowest BCUT2D eigenvalue weighted by Gasteiger charge is -2.12. The molecular weight excluding hydrogens is 164 g/mol. The zero-order valence-corrected chi connectivity index (χ0v) is 8.25. The molecule has 2 saturated carbocycles. The summed E-state index contributed by atoms with van der Waals surface area (Å²) >= 11 is 0. The van der Waals surface area contributed by atoms with Crippen LogP contribution in [0.25, 0.3) is 0 Å². The predicted octanol–water partition coefficient (Wildman–Crippen LogP) is 2.68. The van der Waals surface area contributed by atoms with E-state index in [1.54, 1.807) is 0 Å². The lowest BCUT2D eigenvalue weighted by atomic mass is 9.92. The van der Waals surface area contributed by atoms with Gasteiger partial charge in [-0.25, -0.2) is 0 Å². The summed E-state index contributed by atoms with van der Waals surface area (Å²) in [5.41, 5.74) is 0.606. The van der Waals surface area contributed by atoms with Crippen molar-refractivity contribution in [1.82, 2.24) is 0 Å². The zero-order chi connectivity index (χ0) is 9.47. The third kappa shape index (κ3) is 1.59. The summed E-state index contributed by atoms with van der Waals surface area (Å²) in [5.74, 6) is 0.495. The molecule has 0 amide bonds. The van der Waals surface area contributed by atoms with Crippen molar-refractivity contribution in [2.24, 2.45) is 17.3 Å². The first-order valence-electron chi connectivity index (χ1n) is 5.36. The Kier molecular flexibility index (Phi) is 2.09. The molecule has 0 heterocycles. The van der Waals surface area contributed by atoms with Gasteiger partial charge >= 0.3 is 5.97 Å². The molecule has 0 bridgehead atoms. The van der Waals surface area contributed by atoms with E-state index in [2.05, 4.69) is 6.92 Å². The van der Waals surface area contributed by atoms with Gasteiger partial charge in [-0.05, 0) is 36.5 Å². The maximum Gasteiger partial charge on any atom is 0.303 e. The number of carbonyl (C=O) groups is 1. The number of rotatable bonds is 3.